The molecule has 176 valence electrons. The third-order valence-electron chi connectivity index (χ3n) is 4.99. The molecule has 0 N–H and O–H groups in total. The van der Waals surface area contributed by atoms with Gasteiger partial charge in [0.1, 0.15) is 12.3 Å². The topological polar surface area (TPSA) is 104 Å². The molecule has 1 heterocycles. The lowest BCUT2D eigenvalue weighted by atomic mass is 10.1. The van der Waals surface area contributed by atoms with Crippen LogP contribution >= 0.6 is 0 Å². The van der Waals surface area contributed by atoms with E-state index in [4.69, 9.17) is 9.47 Å². The number of ether oxygens (including phenoxy) is 2. The molecule has 3 aromatic carbocycles. The molecular formula is C27H23N3O5. The van der Waals surface area contributed by atoms with Crippen molar-refractivity contribution in [3.63, 3.8) is 0 Å². The van der Waals surface area contributed by atoms with Crippen LogP contribution in [0, 0.1) is 10.1 Å². The van der Waals surface area contributed by atoms with E-state index in [2.05, 4.69) is 9.97 Å². The van der Waals surface area contributed by atoms with Gasteiger partial charge in [0.15, 0.2) is 0 Å². The second-order valence-electron chi connectivity index (χ2n) is 8.03. The standard InChI is InChI=1S/C27H23N3O5/c1-18(2)35-27(31)21-13-10-20(11-14-21)17-34-26-25(28-23-8-3-4-9-24(23)29-26)15-12-19-6-5-7-22(16-19)30(32)33/h3-16,18H,17H2,1-2H3/b15-12+. The Bertz CT molecular complexity index is 1400. The summed E-state index contributed by atoms with van der Waals surface area (Å²) < 4.78 is 11.2. The van der Waals surface area contributed by atoms with Gasteiger partial charge in [-0.05, 0) is 55.3 Å². The van der Waals surface area contributed by atoms with Crippen LogP contribution in [-0.4, -0.2) is 27.0 Å². The van der Waals surface area contributed by atoms with Gasteiger partial charge in [0.2, 0.25) is 5.88 Å². The van der Waals surface area contributed by atoms with Gasteiger partial charge in [-0.3, -0.25) is 10.1 Å². The van der Waals surface area contributed by atoms with Crippen LogP contribution in [0.1, 0.15) is 41.0 Å². The fourth-order valence-electron chi connectivity index (χ4n) is 3.30. The Morgan fingerprint density at radius 3 is 2.37 bits per heavy atom. The number of benzene rings is 3. The first-order chi connectivity index (χ1) is 16.9. The monoisotopic (exact) mass is 469 g/mol. The number of rotatable bonds is 8. The molecular weight excluding hydrogens is 446 g/mol. The third-order valence-corrected chi connectivity index (χ3v) is 4.99. The van der Waals surface area contributed by atoms with Gasteiger partial charge in [-0.2, -0.15) is 0 Å². The van der Waals surface area contributed by atoms with Crippen molar-refractivity contribution in [2.45, 2.75) is 26.6 Å². The molecule has 0 aliphatic heterocycles. The number of non-ortho nitro benzene ring substituents is 1. The van der Waals surface area contributed by atoms with Gasteiger partial charge < -0.3 is 9.47 Å². The minimum absolute atomic E-state index is 0.00828. The number of nitro benzene ring substituents is 1. The van der Waals surface area contributed by atoms with Crippen molar-refractivity contribution < 1.29 is 19.2 Å². The average Bonchev–Trinajstić information content (AvgIpc) is 2.86. The summed E-state index contributed by atoms with van der Waals surface area (Å²) >= 11 is 0. The van der Waals surface area contributed by atoms with Crippen molar-refractivity contribution in [1.82, 2.24) is 9.97 Å². The van der Waals surface area contributed by atoms with Gasteiger partial charge in [-0.1, -0.05) is 42.5 Å². The molecule has 0 radical (unpaired) electrons. The molecule has 0 fully saturated rings. The highest BCUT2D eigenvalue weighted by atomic mass is 16.6. The minimum atomic E-state index is -0.435. The highest BCUT2D eigenvalue weighted by Crippen LogP contribution is 2.23. The molecule has 35 heavy (non-hydrogen) atoms. The predicted octanol–water partition coefficient (Wildman–Crippen LogP) is 5.85. The summed E-state index contributed by atoms with van der Waals surface area (Å²) in [6.07, 6.45) is 3.26. The van der Waals surface area contributed by atoms with Crippen LogP contribution in [0.5, 0.6) is 5.88 Å². The number of carbonyl (C=O) groups is 1. The summed E-state index contributed by atoms with van der Waals surface area (Å²) in [4.78, 5) is 31.9. The van der Waals surface area contributed by atoms with E-state index in [0.717, 1.165) is 5.56 Å². The van der Waals surface area contributed by atoms with E-state index in [1.807, 2.05) is 24.3 Å². The van der Waals surface area contributed by atoms with E-state index in [1.165, 1.54) is 12.1 Å². The molecule has 0 bridgehead atoms. The van der Waals surface area contributed by atoms with Crippen molar-refractivity contribution in [3.8, 4) is 5.88 Å². The predicted molar refractivity (Wildman–Crippen MR) is 133 cm³/mol. The molecule has 0 spiro atoms. The molecule has 0 unspecified atom stereocenters. The zero-order valence-electron chi connectivity index (χ0n) is 19.3. The van der Waals surface area contributed by atoms with Crippen molar-refractivity contribution in [2.24, 2.45) is 0 Å². The normalized spacial score (nSPS) is 11.2. The lowest BCUT2D eigenvalue weighted by molar-refractivity contribution is -0.384. The fraction of sp³-hybridized carbons (Fsp3) is 0.148. The van der Waals surface area contributed by atoms with Crippen LogP contribution in [-0.2, 0) is 11.3 Å². The number of hydrogen-bond acceptors (Lipinski definition) is 7. The van der Waals surface area contributed by atoms with Crippen molar-refractivity contribution in [1.29, 1.82) is 0 Å². The summed E-state index contributed by atoms with van der Waals surface area (Å²) in [5.41, 5.74) is 3.85. The number of nitrogens with zero attached hydrogens (tertiary/aromatic N) is 3. The van der Waals surface area contributed by atoms with Gasteiger partial charge in [0.05, 0.1) is 27.6 Å². The highest BCUT2D eigenvalue weighted by Gasteiger charge is 2.11. The zero-order chi connectivity index (χ0) is 24.8. The smallest absolute Gasteiger partial charge is 0.338 e. The van der Waals surface area contributed by atoms with Gasteiger partial charge in [0, 0.05) is 12.1 Å². The molecule has 4 aromatic rings. The second kappa shape index (κ2) is 10.6. The van der Waals surface area contributed by atoms with Crippen LogP contribution in [0.15, 0.2) is 72.8 Å². The maximum atomic E-state index is 12.0. The first-order valence-corrected chi connectivity index (χ1v) is 11.0. The number of aromatic nitrogens is 2. The minimum Gasteiger partial charge on any atom is -0.471 e. The number of carbonyl (C=O) groups excluding carboxylic acids is 1. The van der Waals surface area contributed by atoms with E-state index in [-0.39, 0.29) is 24.4 Å². The van der Waals surface area contributed by atoms with Crippen LogP contribution in [0.3, 0.4) is 0 Å². The van der Waals surface area contributed by atoms with Crippen molar-refractivity contribution >= 4 is 34.8 Å². The van der Waals surface area contributed by atoms with Gasteiger partial charge >= 0.3 is 5.97 Å². The molecule has 8 heteroatoms. The van der Waals surface area contributed by atoms with E-state index >= 15 is 0 Å². The van der Waals surface area contributed by atoms with Crippen LogP contribution in [0.4, 0.5) is 5.69 Å². The quantitative estimate of drug-likeness (QED) is 0.181. The number of hydrogen-bond donors (Lipinski definition) is 0. The molecule has 0 aliphatic carbocycles. The van der Waals surface area contributed by atoms with E-state index in [1.54, 1.807) is 62.4 Å². The van der Waals surface area contributed by atoms with Crippen molar-refractivity contribution in [3.05, 3.63) is 105 Å². The second-order valence-corrected chi connectivity index (χ2v) is 8.03. The summed E-state index contributed by atoms with van der Waals surface area (Å²) in [6.45, 7) is 3.82. The summed E-state index contributed by atoms with van der Waals surface area (Å²) in [5, 5.41) is 11.1. The average molecular weight is 469 g/mol. The van der Waals surface area contributed by atoms with Crippen LogP contribution in [0.2, 0.25) is 0 Å². The molecule has 0 aliphatic rings. The Morgan fingerprint density at radius 1 is 0.971 bits per heavy atom. The fourth-order valence-corrected chi connectivity index (χ4v) is 3.30. The Balaban J connectivity index is 1.57. The van der Waals surface area contributed by atoms with Gasteiger partial charge in [-0.25, -0.2) is 14.8 Å². The molecule has 0 saturated carbocycles. The number of fused-ring (bicyclic) bond motifs is 1. The molecule has 0 atom stereocenters. The van der Waals surface area contributed by atoms with Gasteiger partial charge in [-0.15, -0.1) is 0 Å². The zero-order valence-corrected chi connectivity index (χ0v) is 19.3. The molecule has 8 nitrogen and oxygen atoms in total. The molecule has 0 amide bonds. The Morgan fingerprint density at radius 2 is 1.69 bits per heavy atom. The molecule has 4 rings (SSSR count). The molecule has 0 saturated heterocycles. The maximum absolute atomic E-state index is 12.0. The third kappa shape index (κ3) is 6.05. The first-order valence-electron chi connectivity index (χ1n) is 11.0. The van der Waals surface area contributed by atoms with Crippen LogP contribution < -0.4 is 4.74 Å². The van der Waals surface area contributed by atoms with Crippen LogP contribution in [0.25, 0.3) is 23.2 Å². The lowest BCUT2D eigenvalue weighted by Gasteiger charge is -2.10. The SMILES string of the molecule is CC(C)OC(=O)c1ccc(COc2nc3ccccc3nc2/C=C/c2cccc([N+](=O)[O-])c2)cc1. The van der Waals surface area contributed by atoms with E-state index in [9.17, 15) is 14.9 Å². The molecule has 1 aromatic heterocycles. The summed E-state index contributed by atoms with van der Waals surface area (Å²) in [7, 11) is 0. The number of para-hydroxylation sites is 2. The maximum Gasteiger partial charge on any atom is 0.338 e. The van der Waals surface area contributed by atoms with E-state index < -0.39 is 4.92 Å². The Hall–Kier alpha value is -4.59. The first kappa shape index (κ1) is 23.6. The lowest BCUT2D eigenvalue weighted by Crippen LogP contribution is -2.11. The largest absolute Gasteiger partial charge is 0.471 e. The van der Waals surface area contributed by atoms with Crippen molar-refractivity contribution in [2.75, 3.05) is 0 Å². The number of esters is 1. The Labute approximate surface area is 202 Å². The summed E-state index contributed by atoms with van der Waals surface area (Å²) in [5.74, 6) is -0.0462. The highest BCUT2D eigenvalue weighted by molar-refractivity contribution is 5.89. The number of nitro groups is 1. The van der Waals surface area contributed by atoms with E-state index in [0.29, 0.717) is 33.7 Å². The Kier molecular flexibility index (Phi) is 7.11. The summed E-state index contributed by atoms with van der Waals surface area (Å²) in [6, 6.07) is 20.7. The van der Waals surface area contributed by atoms with Gasteiger partial charge in [0.25, 0.3) is 5.69 Å².